The summed E-state index contributed by atoms with van der Waals surface area (Å²) in [5, 5.41) is 11.9. The molecule has 1 aliphatic heterocycles. The number of alkyl halides is 6. The van der Waals surface area contributed by atoms with Crippen molar-refractivity contribution in [2.45, 2.75) is 25.0 Å². The summed E-state index contributed by atoms with van der Waals surface area (Å²) in [6.07, 6.45) is -9.74. The van der Waals surface area contributed by atoms with E-state index in [9.17, 15) is 30.7 Å². The molecule has 2 N–H and O–H groups in total. The van der Waals surface area contributed by atoms with Gasteiger partial charge < -0.3 is 15.2 Å². The van der Waals surface area contributed by atoms with Crippen molar-refractivity contribution < 1.29 is 40.6 Å². The minimum Gasteiger partial charge on any atom is -0.392 e. The molecule has 0 radical (unpaired) electrons. The number of morpholine rings is 1. The zero-order chi connectivity index (χ0) is 21.7. The second-order valence-corrected chi connectivity index (χ2v) is 6.21. The van der Waals surface area contributed by atoms with Crippen molar-refractivity contribution in [1.29, 1.82) is 0 Å². The van der Waals surface area contributed by atoms with E-state index in [2.05, 4.69) is 5.32 Å². The van der Waals surface area contributed by atoms with E-state index in [1.165, 1.54) is 12.1 Å². The Labute approximate surface area is 162 Å². The van der Waals surface area contributed by atoms with E-state index in [0.29, 0.717) is 18.7 Å². The fourth-order valence-corrected chi connectivity index (χ4v) is 2.59. The van der Waals surface area contributed by atoms with Crippen LogP contribution in [0.15, 0.2) is 42.5 Å². The van der Waals surface area contributed by atoms with Crippen LogP contribution in [0.1, 0.15) is 28.3 Å². The first kappa shape index (κ1) is 23.1. The van der Waals surface area contributed by atoms with Crippen LogP contribution >= 0.6 is 0 Å². The summed E-state index contributed by atoms with van der Waals surface area (Å²) in [7, 11) is 0. The summed E-state index contributed by atoms with van der Waals surface area (Å²) < 4.78 is 91.3. The lowest BCUT2D eigenvalue weighted by Crippen LogP contribution is -2.34. The number of nitrogens with one attached hydrogen (secondary N) is 1. The molecule has 0 amide bonds. The lowest BCUT2D eigenvalue weighted by Gasteiger charge is -2.23. The monoisotopic (exact) mass is 425 g/mol. The molecule has 1 fully saturated rings. The van der Waals surface area contributed by atoms with Crippen molar-refractivity contribution in [3.05, 3.63) is 70.5 Å². The molecule has 0 aromatic heterocycles. The van der Waals surface area contributed by atoms with Crippen LogP contribution in [0.5, 0.6) is 0 Å². The first-order valence-electron chi connectivity index (χ1n) is 8.46. The molecule has 0 saturated carbocycles. The number of rotatable bonds is 2. The third-order valence-electron chi connectivity index (χ3n) is 4.02. The Kier molecular flexibility index (Phi) is 7.61. The Morgan fingerprint density at radius 1 is 0.931 bits per heavy atom. The molecule has 1 saturated heterocycles. The van der Waals surface area contributed by atoms with Crippen LogP contribution in [-0.4, -0.2) is 24.9 Å². The minimum atomic E-state index is -4.87. The predicted molar refractivity (Wildman–Crippen MR) is 90.3 cm³/mol. The molecule has 0 aliphatic carbocycles. The molecule has 3 rings (SSSR count). The number of ether oxygens (including phenoxy) is 1. The van der Waals surface area contributed by atoms with Gasteiger partial charge in [0.15, 0.2) is 0 Å². The SMILES string of the molecule is Fc1ccc([C@H]2COCCN2)cc1.OCc1cc(C(F)(F)F)cc(C(F)(F)F)c1. The highest BCUT2D eigenvalue weighted by Crippen LogP contribution is 2.36. The second-order valence-electron chi connectivity index (χ2n) is 6.21. The molecule has 0 unspecified atom stereocenters. The maximum Gasteiger partial charge on any atom is 0.416 e. The van der Waals surface area contributed by atoms with Gasteiger partial charge in [-0.15, -0.1) is 0 Å². The van der Waals surface area contributed by atoms with Gasteiger partial charge in [-0.05, 0) is 41.5 Å². The summed E-state index contributed by atoms with van der Waals surface area (Å²) in [5.74, 6) is -0.194. The molecule has 10 heteroatoms. The zero-order valence-corrected chi connectivity index (χ0v) is 14.9. The Balaban J connectivity index is 0.000000211. The van der Waals surface area contributed by atoms with Crippen LogP contribution in [-0.2, 0) is 23.7 Å². The smallest absolute Gasteiger partial charge is 0.392 e. The van der Waals surface area contributed by atoms with E-state index in [1.54, 1.807) is 12.1 Å². The van der Waals surface area contributed by atoms with E-state index in [4.69, 9.17) is 9.84 Å². The highest BCUT2D eigenvalue weighted by Gasteiger charge is 2.36. The van der Waals surface area contributed by atoms with Crippen LogP contribution in [0, 0.1) is 5.82 Å². The topological polar surface area (TPSA) is 41.5 Å². The van der Waals surface area contributed by atoms with Gasteiger partial charge in [0.1, 0.15) is 5.82 Å². The molecule has 3 nitrogen and oxygen atoms in total. The highest BCUT2D eigenvalue weighted by molar-refractivity contribution is 5.33. The van der Waals surface area contributed by atoms with Crippen molar-refractivity contribution in [2.75, 3.05) is 19.8 Å². The van der Waals surface area contributed by atoms with Crippen LogP contribution in [0.25, 0.3) is 0 Å². The largest absolute Gasteiger partial charge is 0.416 e. The number of halogens is 7. The first-order chi connectivity index (χ1) is 13.5. The van der Waals surface area contributed by atoms with E-state index in [-0.39, 0.29) is 17.9 Å². The van der Waals surface area contributed by atoms with Gasteiger partial charge in [-0.1, -0.05) is 12.1 Å². The Hall–Kier alpha value is -2.17. The maximum absolute atomic E-state index is 12.6. The van der Waals surface area contributed by atoms with Gasteiger partial charge in [0, 0.05) is 6.54 Å². The molecule has 160 valence electrons. The summed E-state index contributed by atoms with van der Waals surface area (Å²) in [6.45, 7) is 1.42. The summed E-state index contributed by atoms with van der Waals surface area (Å²) in [4.78, 5) is 0. The van der Waals surface area contributed by atoms with Crippen molar-refractivity contribution in [1.82, 2.24) is 5.32 Å². The van der Waals surface area contributed by atoms with E-state index in [0.717, 1.165) is 18.7 Å². The molecule has 29 heavy (non-hydrogen) atoms. The molecule has 0 spiro atoms. The molecule has 1 aliphatic rings. The fourth-order valence-electron chi connectivity index (χ4n) is 2.59. The molecular formula is C19H18F7NO2. The molecule has 2 aromatic rings. The van der Waals surface area contributed by atoms with E-state index >= 15 is 0 Å². The van der Waals surface area contributed by atoms with Crippen molar-refractivity contribution in [2.24, 2.45) is 0 Å². The van der Waals surface area contributed by atoms with E-state index < -0.39 is 35.6 Å². The number of aliphatic hydroxyl groups is 1. The normalized spacial score (nSPS) is 17.4. The zero-order valence-electron chi connectivity index (χ0n) is 14.9. The van der Waals surface area contributed by atoms with Gasteiger partial charge in [-0.2, -0.15) is 26.3 Å². The van der Waals surface area contributed by atoms with Gasteiger partial charge in [0.05, 0.1) is 37.0 Å². The fraction of sp³-hybridized carbons (Fsp3) is 0.368. The lowest BCUT2D eigenvalue weighted by molar-refractivity contribution is -0.143. The average Bonchev–Trinajstić information content (AvgIpc) is 2.68. The van der Waals surface area contributed by atoms with E-state index in [1.807, 2.05) is 0 Å². The molecule has 1 atom stereocenters. The number of benzene rings is 2. The summed E-state index contributed by atoms with van der Waals surface area (Å²) in [5.41, 5.74) is -2.19. The highest BCUT2D eigenvalue weighted by atomic mass is 19.4. The van der Waals surface area contributed by atoms with Crippen LogP contribution in [0.2, 0.25) is 0 Å². The number of hydrogen-bond acceptors (Lipinski definition) is 3. The van der Waals surface area contributed by atoms with Crippen molar-refractivity contribution in [3.63, 3.8) is 0 Å². The Bertz CT molecular complexity index is 750. The van der Waals surface area contributed by atoms with Gasteiger partial charge in [-0.25, -0.2) is 4.39 Å². The van der Waals surface area contributed by atoms with Gasteiger partial charge in [0.25, 0.3) is 0 Å². The quantitative estimate of drug-likeness (QED) is 0.686. The van der Waals surface area contributed by atoms with Crippen LogP contribution in [0.4, 0.5) is 30.7 Å². The molecule has 0 bridgehead atoms. The predicted octanol–water partition coefficient (Wildman–Crippen LogP) is 4.70. The second kappa shape index (κ2) is 9.55. The van der Waals surface area contributed by atoms with Gasteiger partial charge >= 0.3 is 12.4 Å². The van der Waals surface area contributed by atoms with Crippen molar-refractivity contribution in [3.8, 4) is 0 Å². The number of aliphatic hydroxyl groups excluding tert-OH is 1. The van der Waals surface area contributed by atoms with Crippen molar-refractivity contribution >= 4 is 0 Å². The Morgan fingerprint density at radius 3 is 1.90 bits per heavy atom. The van der Waals surface area contributed by atoms with Gasteiger partial charge in [-0.3, -0.25) is 0 Å². The van der Waals surface area contributed by atoms with Crippen LogP contribution < -0.4 is 5.32 Å². The minimum absolute atomic E-state index is 0.0131. The number of hydrogen-bond donors (Lipinski definition) is 2. The maximum atomic E-state index is 12.6. The summed E-state index contributed by atoms with van der Waals surface area (Å²) in [6, 6.07) is 7.74. The van der Waals surface area contributed by atoms with Crippen LogP contribution in [0.3, 0.4) is 0 Å². The first-order valence-corrected chi connectivity index (χ1v) is 8.46. The molecule has 1 heterocycles. The van der Waals surface area contributed by atoms with Gasteiger partial charge in [0.2, 0.25) is 0 Å². The molecule has 2 aromatic carbocycles. The standard InChI is InChI=1S/C10H12FNO.C9H6F6O/c11-9-3-1-8(2-4-9)10-7-13-6-5-12-10;10-8(11,12)6-1-5(4-16)2-7(3-6)9(13,14)15/h1-4,10,12H,5-7H2;1-3,16H,4H2/t10-;/m1./s1. The Morgan fingerprint density at radius 2 is 1.48 bits per heavy atom. The average molecular weight is 425 g/mol. The third kappa shape index (κ3) is 6.98. The third-order valence-corrected chi connectivity index (χ3v) is 4.02. The summed E-state index contributed by atoms with van der Waals surface area (Å²) >= 11 is 0. The molecular weight excluding hydrogens is 407 g/mol. The lowest BCUT2D eigenvalue weighted by atomic mass is 10.1.